The lowest BCUT2D eigenvalue weighted by molar-refractivity contribution is -0.145. The molecule has 3 aliphatic heterocycles. The quantitative estimate of drug-likeness (QED) is 0.741. The van der Waals surface area contributed by atoms with Gasteiger partial charge in [-0.15, -0.1) is 0 Å². The number of nitrogens with one attached hydrogen (secondary N) is 1. The van der Waals surface area contributed by atoms with Crippen LogP contribution < -0.4 is 15.1 Å². The van der Waals surface area contributed by atoms with Gasteiger partial charge in [0.05, 0.1) is 44.2 Å². The summed E-state index contributed by atoms with van der Waals surface area (Å²) >= 11 is 0. The third-order valence-corrected chi connectivity index (χ3v) is 7.53. The highest BCUT2D eigenvalue weighted by Crippen LogP contribution is 2.42. The third-order valence-electron chi connectivity index (χ3n) is 7.53. The van der Waals surface area contributed by atoms with Crippen LogP contribution in [0.4, 0.5) is 31.7 Å². The van der Waals surface area contributed by atoms with Crippen molar-refractivity contribution in [3.8, 4) is 0 Å². The Morgan fingerprint density at radius 1 is 1.15 bits per heavy atom. The van der Waals surface area contributed by atoms with Gasteiger partial charge in [0.15, 0.2) is 0 Å². The van der Waals surface area contributed by atoms with Crippen molar-refractivity contribution in [3.05, 3.63) is 42.1 Å². The molecule has 1 N–H and O–H groups in total. The van der Waals surface area contributed by atoms with Crippen LogP contribution in [0.3, 0.4) is 0 Å². The van der Waals surface area contributed by atoms with Crippen LogP contribution in [0.2, 0.25) is 0 Å². The van der Waals surface area contributed by atoms with Gasteiger partial charge in [-0.05, 0) is 43.5 Å². The molecule has 1 aromatic carbocycles. The van der Waals surface area contributed by atoms with Crippen molar-refractivity contribution in [1.82, 2.24) is 9.88 Å². The molecule has 1 aromatic heterocycles. The van der Waals surface area contributed by atoms with Crippen molar-refractivity contribution in [1.29, 1.82) is 0 Å². The van der Waals surface area contributed by atoms with E-state index < -0.39 is 5.92 Å². The van der Waals surface area contributed by atoms with E-state index in [0.717, 1.165) is 54.4 Å². The summed E-state index contributed by atoms with van der Waals surface area (Å²) in [5.74, 6) is -1.93. The average molecular weight is 470 g/mol. The Kier molecular flexibility index (Phi) is 5.41. The number of hydrogen-bond acceptors (Lipinski definition) is 6. The molecule has 180 valence electrons. The number of amides is 1. The van der Waals surface area contributed by atoms with E-state index in [9.17, 15) is 13.6 Å². The van der Waals surface area contributed by atoms with Gasteiger partial charge in [-0.3, -0.25) is 9.69 Å². The van der Waals surface area contributed by atoms with Gasteiger partial charge in [-0.2, -0.15) is 0 Å². The smallest absolute Gasteiger partial charge is 0.272 e. The normalized spacial score (nSPS) is 26.2. The molecule has 0 spiro atoms. The van der Waals surface area contributed by atoms with Crippen LogP contribution in [0, 0.1) is 5.92 Å². The van der Waals surface area contributed by atoms with Gasteiger partial charge in [0, 0.05) is 42.5 Å². The van der Waals surface area contributed by atoms with Crippen LogP contribution in [-0.4, -0.2) is 67.1 Å². The van der Waals surface area contributed by atoms with E-state index in [1.165, 1.54) is 0 Å². The van der Waals surface area contributed by atoms with Crippen LogP contribution in [0.25, 0.3) is 0 Å². The number of pyridine rings is 1. The van der Waals surface area contributed by atoms with Crippen molar-refractivity contribution in [3.63, 3.8) is 0 Å². The number of carbonyl (C=O) groups excluding carboxylic acids is 1. The maximum Gasteiger partial charge on any atom is 0.272 e. The molecule has 6 rings (SSSR count). The number of likely N-dealkylation sites (tertiary alicyclic amines) is 1. The number of benzene rings is 1. The first kappa shape index (κ1) is 21.7. The van der Waals surface area contributed by atoms with Crippen molar-refractivity contribution >= 4 is 28.8 Å². The molecule has 7 nitrogen and oxygen atoms in total. The van der Waals surface area contributed by atoms with Crippen LogP contribution in [0.15, 0.2) is 36.5 Å². The summed E-state index contributed by atoms with van der Waals surface area (Å²) in [6.45, 7) is 3.06. The topological polar surface area (TPSA) is 60.9 Å². The van der Waals surface area contributed by atoms with E-state index in [1.807, 2.05) is 28.0 Å². The Morgan fingerprint density at radius 2 is 1.97 bits per heavy atom. The van der Waals surface area contributed by atoms with E-state index in [4.69, 9.17) is 4.74 Å². The first-order valence-corrected chi connectivity index (χ1v) is 12.1. The second kappa shape index (κ2) is 8.46. The molecule has 34 heavy (non-hydrogen) atoms. The van der Waals surface area contributed by atoms with E-state index in [0.29, 0.717) is 26.2 Å². The number of carbonyl (C=O) groups is 1. The van der Waals surface area contributed by atoms with Gasteiger partial charge < -0.3 is 19.9 Å². The number of fused-ring (bicyclic) bond motifs is 2. The first-order valence-electron chi connectivity index (χ1n) is 12.1. The molecule has 1 aliphatic carbocycles. The van der Waals surface area contributed by atoms with Crippen molar-refractivity contribution in [2.75, 3.05) is 54.5 Å². The summed E-state index contributed by atoms with van der Waals surface area (Å²) in [5.41, 5.74) is 3.70. The zero-order valence-electron chi connectivity index (χ0n) is 19.1. The average Bonchev–Trinajstić information content (AvgIpc) is 3.26. The third kappa shape index (κ3) is 4.01. The van der Waals surface area contributed by atoms with E-state index in [2.05, 4.69) is 27.3 Å². The SMILES string of the molecule is O=C(C1CCC(N2CC(F)(F)C2)C1)N1Cc2cccnc2Nc2ccc(N3CCOCC3)cc21. The molecule has 0 radical (unpaired) electrons. The predicted molar refractivity (Wildman–Crippen MR) is 126 cm³/mol. The molecule has 3 fully saturated rings. The van der Waals surface area contributed by atoms with Gasteiger partial charge in [0.2, 0.25) is 5.91 Å². The van der Waals surface area contributed by atoms with Crippen molar-refractivity contribution in [2.45, 2.75) is 37.8 Å². The molecule has 2 unspecified atom stereocenters. The highest BCUT2D eigenvalue weighted by Gasteiger charge is 2.49. The van der Waals surface area contributed by atoms with Crippen LogP contribution >= 0.6 is 0 Å². The van der Waals surface area contributed by atoms with Gasteiger partial charge >= 0.3 is 0 Å². The number of morpholine rings is 1. The number of rotatable bonds is 3. The Morgan fingerprint density at radius 3 is 2.76 bits per heavy atom. The van der Waals surface area contributed by atoms with E-state index in [1.54, 1.807) is 6.20 Å². The number of alkyl halides is 2. The van der Waals surface area contributed by atoms with Gasteiger partial charge in [0.1, 0.15) is 5.82 Å². The molecule has 2 saturated heterocycles. The molecule has 4 heterocycles. The fourth-order valence-electron chi connectivity index (χ4n) is 5.67. The summed E-state index contributed by atoms with van der Waals surface area (Å²) < 4.78 is 32.3. The van der Waals surface area contributed by atoms with Gasteiger partial charge in [0.25, 0.3) is 5.92 Å². The Labute approximate surface area is 197 Å². The molecule has 4 aliphatic rings. The van der Waals surface area contributed by atoms with E-state index in [-0.39, 0.29) is 31.0 Å². The fraction of sp³-hybridized carbons (Fsp3) is 0.520. The monoisotopic (exact) mass is 469 g/mol. The van der Waals surface area contributed by atoms with Crippen molar-refractivity contribution in [2.24, 2.45) is 5.92 Å². The Hall–Kier alpha value is -2.78. The molecule has 9 heteroatoms. The van der Waals surface area contributed by atoms with Crippen LogP contribution in [-0.2, 0) is 16.1 Å². The second-order valence-corrected chi connectivity index (χ2v) is 9.79. The zero-order chi connectivity index (χ0) is 23.3. The Balaban J connectivity index is 1.29. The number of halogens is 2. The molecule has 1 saturated carbocycles. The summed E-state index contributed by atoms with van der Waals surface area (Å²) in [5, 5.41) is 3.42. The number of ether oxygens (including phenoxy) is 1. The lowest BCUT2D eigenvalue weighted by Gasteiger charge is -2.42. The number of aromatic nitrogens is 1. The molecule has 2 aromatic rings. The standard InChI is InChI=1S/C25H29F2N5O2/c26-25(27)15-31(16-25)19-4-3-17(12-19)24(33)32-14-18-2-1-7-28-23(18)29-21-6-5-20(13-22(21)32)30-8-10-34-11-9-30/h1-2,5-7,13,17,19H,3-4,8-12,14-16H2,(H,28,29). The molecule has 1 amide bonds. The lowest BCUT2D eigenvalue weighted by atomic mass is 10.0. The number of hydrogen-bond donors (Lipinski definition) is 1. The minimum Gasteiger partial charge on any atom is -0.378 e. The summed E-state index contributed by atoms with van der Waals surface area (Å²) in [7, 11) is 0. The highest BCUT2D eigenvalue weighted by atomic mass is 19.3. The maximum absolute atomic E-state index is 13.9. The molecular formula is C25H29F2N5O2. The van der Waals surface area contributed by atoms with Gasteiger partial charge in [-0.1, -0.05) is 6.07 Å². The van der Waals surface area contributed by atoms with Gasteiger partial charge in [-0.25, -0.2) is 13.8 Å². The highest BCUT2D eigenvalue weighted by molar-refractivity contribution is 6.00. The fourth-order valence-corrected chi connectivity index (χ4v) is 5.67. The second-order valence-electron chi connectivity index (χ2n) is 9.79. The van der Waals surface area contributed by atoms with Crippen LogP contribution in [0.1, 0.15) is 24.8 Å². The first-order chi connectivity index (χ1) is 16.5. The lowest BCUT2D eigenvalue weighted by Crippen LogP contribution is -2.59. The summed E-state index contributed by atoms with van der Waals surface area (Å²) in [6.07, 6.45) is 3.90. The maximum atomic E-state index is 13.9. The van der Waals surface area contributed by atoms with E-state index >= 15 is 0 Å². The number of nitrogens with zero attached hydrogens (tertiary/aromatic N) is 4. The zero-order valence-corrected chi connectivity index (χ0v) is 19.1. The number of anilines is 4. The van der Waals surface area contributed by atoms with Crippen molar-refractivity contribution < 1.29 is 18.3 Å². The molecular weight excluding hydrogens is 440 g/mol. The predicted octanol–water partition coefficient (Wildman–Crippen LogP) is 3.63. The van der Waals surface area contributed by atoms with Crippen LogP contribution in [0.5, 0.6) is 0 Å². The minimum absolute atomic E-state index is 0.0618. The largest absolute Gasteiger partial charge is 0.378 e. The minimum atomic E-state index is -2.58. The summed E-state index contributed by atoms with van der Waals surface area (Å²) in [6, 6.07) is 10.1. The molecule has 0 bridgehead atoms. The Bertz CT molecular complexity index is 1080. The molecule has 2 atom stereocenters. The summed E-state index contributed by atoms with van der Waals surface area (Å²) in [4.78, 5) is 24.4.